The Morgan fingerprint density at radius 2 is 1.96 bits per heavy atom. The highest BCUT2D eigenvalue weighted by atomic mass is 35.5. The molecule has 0 unspecified atom stereocenters. The van der Waals surface area contributed by atoms with Crippen LogP contribution in [0, 0.1) is 6.92 Å². The van der Waals surface area contributed by atoms with Gasteiger partial charge >= 0.3 is 6.18 Å². The second-order valence-corrected chi connectivity index (χ2v) is 5.33. The minimum absolute atomic E-state index is 0.163. The van der Waals surface area contributed by atoms with Crippen LogP contribution >= 0.6 is 11.6 Å². The van der Waals surface area contributed by atoms with E-state index in [1.807, 2.05) is 0 Å². The molecule has 1 N–H and O–H groups in total. The normalized spacial score (nSPS) is 12.3. The summed E-state index contributed by atoms with van der Waals surface area (Å²) in [5.41, 5.74) is -0.386. The van der Waals surface area contributed by atoms with Crippen molar-refractivity contribution < 1.29 is 22.4 Å². The van der Waals surface area contributed by atoms with E-state index >= 15 is 0 Å². The molecule has 0 radical (unpaired) electrons. The largest absolute Gasteiger partial charge is 0.458 e. The highest BCUT2D eigenvalue weighted by Crippen LogP contribution is 2.36. The lowest BCUT2D eigenvalue weighted by Gasteiger charge is -2.12. The summed E-state index contributed by atoms with van der Waals surface area (Å²) in [5, 5.41) is 2.35. The Bertz CT molecular complexity index is 763. The predicted molar refractivity (Wildman–Crippen MR) is 81.6 cm³/mol. The molecule has 3 nitrogen and oxygen atoms in total. The number of aryl methyl sites for hydroxylation is 1. The van der Waals surface area contributed by atoms with Crippen LogP contribution in [-0.4, -0.2) is 5.78 Å². The van der Waals surface area contributed by atoms with E-state index in [4.69, 9.17) is 16.0 Å². The molecule has 0 aliphatic carbocycles. The molecule has 23 heavy (non-hydrogen) atoms. The molecule has 0 amide bonds. The SMILES string of the molecule is C/C(=C\C(=O)c1ccc(C)o1)Nc1ccc(Cl)c(C(F)(F)F)c1. The average Bonchev–Trinajstić information content (AvgIpc) is 2.86. The van der Waals surface area contributed by atoms with Crippen LogP contribution in [0.25, 0.3) is 0 Å². The standard InChI is InChI=1S/C16H13ClF3NO2/c1-9(7-14(22)15-6-3-10(2)23-15)21-11-4-5-13(17)12(8-11)16(18,19)20/h3-8,21H,1-2H3/b9-7+. The van der Waals surface area contributed by atoms with Crippen molar-refractivity contribution in [2.24, 2.45) is 0 Å². The summed E-state index contributed by atoms with van der Waals surface area (Å²) < 4.78 is 43.6. The number of benzene rings is 1. The van der Waals surface area contributed by atoms with E-state index in [0.717, 1.165) is 12.1 Å². The molecule has 0 saturated carbocycles. The van der Waals surface area contributed by atoms with Gasteiger partial charge < -0.3 is 9.73 Å². The summed E-state index contributed by atoms with van der Waals surface area (Å²) >= 11 is 5.56. The lowest BCUT2D eigenvalue weighted by Crippen LogP contribution is -2.07. The Labute approximate surface area is 135 Å². The van der Waals surface area contributed by atoms with Crippen molar-refractivity contribution in [3.05, 3.63) is 64.2 Å². The molecule has 0 saturated heterocycles. The summed E-state index contributed by atoms with van der Waals surface area (Å²) in [6.45, 7) is 3.27. The van der Waals surface area contributed by atoms with Crippen LogP contribution in [0.15, 0.2) is 46.5 Å². The van der Waals surface area contributed by atoms with Crippen molar-refractivity contribution in [3.8, 4) is 0 Å². The molecule has 2 rings (SSSR count). The van der Waals surface area contributed by atoms with Gasteiger partial charge in [0.25, 0.3) is 0 Å². The summed E-state index contributed by atoms with van der Waals surface area (Å²) in [7, 11) is 0. The van der Waals surface area contributed by atoms with Gasteiger partial charge in [-0.15, -0.1) is 0 Å². The number of ketones is 1. The zero-order valence-electron chi connectivity index (χ0n) is 12.3. The molecule has 0 fully saturated rings. The van der Waals surface area contributed by atoms with Gasteiger partial charge in [-0.3, -0.25) is 4.79 Å². The second kappa shape index (κ2) is 6.50. The first-order chi connectivity index (χ1) is 10.7. The van der Waals surface area contributed by atoms with Crippen LogP contribution < -0.4 is 5.32 Å². The van der Waals surface area contributed by atoms with Crippen LogP contribution in [0.2, 0.25) is 5.02 Å². The summed E-state index contributed by atoms with van der Waals surface area (Å²) in [5.74, 6) is 0.378. The molecule has 0 spiro atoms. The fraction of sp³-hybridized carbons (Fsp3) is 0.188. The molecule has 7 heteroatoms. The van der Waals surface area contributed by atoms with Crippen LogP contribution in [0.1, 0.15) is 28.8 Å². The van der Waals surface area contributed by atoms with E-state index in [-0.39, 0.29) is 22.3 Å². The fourth-order valence-electron chi connectivity index (χ4n) is 1.92. The maximum Gasteiger partial charge on any atom is 0.417 e. The number of hydrogen-bond donors (Lipinski definition) is 1. The molecule has 0 bridgehead atoms. The average molecular weight is 344 g/mol. The van der Waals surface area contributed by atoms with Crippen molar-refractivity contribution in [1.82, 2.24) is 0 Å². The van der Waals surface area contributed by atoms with E-state index in [1.54, 1.807) is 19.9 Å². The number of allylic oxidation sites excluding steroid dienone is 2. The minimum atomic E-state index is -4.55. The topological polar surface area (TPSA) is 42.2 Å². The molecule has 1 aromatic heterocycles. The molecular weight excluding hydrogens is 331 g/mol. The van der Waals surface area contributed by atoms with Gasteiger partial charge in [-0.05, 0) is 44.2 Å². The fourth-order valence-corrected chi connectivity index (χ4v) is 2.14. The van der Waals surface area contributed by atoms with Gasteiger partial charge in [0.1, 0.15) is 5.76 Å². The molecule has 0 aliphatic rings. The number of furan rings is 1. The number of anilines is 1. The molecule has 0 atom stereocenters. The molecule has 0 aliphatic heterocycles. The van der Waals surface area contributed by atoms with Crippen LogP contribution in [0.5, 0.6) is 0 Å². The number of alkyl halides is 3. The number of carbonyl (C=O) groups excluding carboxylic acids is 1. The summed E-state index contributed by atoms with van der Waals surface area (Å²) in [6.07, 6.45) is -3.30. The van der Waals surface area contributed by atoms with Crippen LogP contribution in [-0.2, 0) is 6.18 Å². The lowest BCUT2D eigenvalue weighted by molar-refractivity contribution is -0.137. The van der Waals surface area contributed by atoms with Crippen molar-refractivity contribution in [1.29, 1.82) is 0 Å². The lowest BCUT2D eigenvalue weighted by atomic mass is 10.2. The highest BCUT2D eigenvalue weighted by Gasteiger charge is 2.33. The molecule has 1 aromatic carbocycles. The third-order valence-electron chi connectivity index (χ3n) is 2.94. The quantitative estimate of drug-likeness (QED) is 0.592. The van der Waals surface area contributed by atoms with Gasteiger partial charge in [0.15, 0.2) is 5.76 Å². The number of nitrogens with one attached hydrogen (secondary N) is 1. The second-order valence-electron chi connectivity index (χ2n) is 4.92. The Morgan fingerprint density at radius 1 is 1.26 bits per heavy atom. The van der Waals surface area contributed by atoms with Crippen LogP contribution in [0.4, 0.5) is 18.9 Å². The first-order valence-electron chi connectivity index (χ1n) is 6.59. The summed E-state index contributed by atoms with van der Waals surface area (Å²) in [4.78, 5) is 11.9. The van der Waals surface area contributed by atoms with Crippen molar-refractivity contribution in [2.45, 2.75) is 20.0 Å². The number of hydrogen-bond acceptors (Lipinski definition) is 3. The molecule has 2 aromatic rings. The van der Waals surface area contributed by atoms with E-state index in [1.165, 1.54) is 18.2 Å². The van der Waals surface area contributed by atoms with Gasteiger partial charge in [0, 0.05) is 17.5 Å². The smallest absolute Gasteiger partial charge is 0.417 e. The van der Waals surface area contributed by atoms with Crippen molar-refractivity contribution in [3.63, 3.8) is 0 Å². The number of rotatable bonds is 4. The van der Waals surface area contributed by atoms with Gasteiger partial charge in [-0.25, -0.2) is 0 Å². The minimum Gasteiger partial charge on any atom is -0.458 e. The molecule has 122 valence electrons. The third kappa shape index (κ3) is 4.39. The summed E-state index contributed by atoms with van der Waals surface area (Å²) in [6, 6.07) is 6.62. The Balaban J connectivity index is 2.18. The Kier molecular flexibility index (Phi) is 4.85. The van der Waals surface area contributed by atoms with E-state index < -0.39 is 11.7 Å². The van der Waals surface area contributed by atoms with E-state index in [0.29, 0.717) is 11.5 Å². The van der Waals surface area contributed by atoms with E-state index in [2.05, 4.69) is 5.32 Å². The van der Waals surface area contributed by atoms with Gasteiger partial charge in [0.05, 0.1) is 10.6 Å². The first-order valence-corrected chi connectivity index (χ1v) is 6.97. The van der Waals surface area contributed by atoms with Crippen LogP contribution in [0.3, 0.4) is 0 Å². The number of halogens is 4. The highest BCUT2D eigenvalue weighted by molar-refractivity contribution is 6.31. The third-order valence-corrected chi connectivity index (χ3v) is 3.27. The monoisotopic (exact) mass is 343 g/mol. The zero-order valence-corrected chi connectivity index (χ0v) is 13.0. The predicted octanol–water partition coefficient (Wildman–Crippen LogP) is 5.46. The molecule has 1 heterocycles. The van der Waals surface area contributed by atoms with E-state index in [9.17, 15) is 18.0 Å². The van der Waals surface area contributed by atoms with Gasteiger partial charge in [0.2, 0.25) is 5.78 Å². The first kappa shape index (κ1) is 17.1. The number of carbonyl (C=O) groups is 1. The van der Waals surface area contributed by atoms with Crippen molar-refractivity contribution in [2.75, 3.05) is 5.32 Å². The van der Waals surface area contributed by atoms with Gasteiger partial charge in [-0.1, -0.05) is 11.6 Å². The maximum atomic E-state index is 12.8. The molecular formula is C16H13ClF3NO2. The zero-order chi connectivity index (χ0) is 17.2. The van der Waals surface area contributed by atoms with Crippen molar-refractivity contribution >= 4 is 23.1 Å². The van der Waals surface area contributed by atoms with Gasteiger partial charge in [-0.2, -0.15) is 13.2 Å². The Morgan fingerprint density at radius 3 is 2.52 bits per heavy atom. The Hall–Kier alpha value is -2.21. The maximum absolute atomic E-state index is 12.8.